The fourth-order valence-corrected chi connectivity index (χ4v) is 3.39. The van der Waals surface area contributed by atoms with E-state index in [9.17, 15) is 4.79 Å². The number of carbonyl (C=O) groups is 1. The molecule has 2 aromatic rings. The van der Waals surface area contributed by atoms with Gasteiger partial charge in [0.25, 0.3) is 0 Å². The largest absolute Gasteiger partial charge is 0.444 e. The number of amides is 1. The zero-order chi connectivity index (χ0) is 18.7. The number of carbonyl (C=O) groups excluding carboxylic acids is 1. The molecule has 6 nitrogen and oxygen atoms in total. The van der Waals surface area contributed by atoms with Crippen LogP contribution in [-0.4, -0.2) is 33.7 Å². The molecule has 3 rings (SSSR count). The van der Waals surface area contributed by atoms with Gasteiger partial charge in [0.2, 0.25) is 0 Å². The van der Waals surface area contributed by atoms with Crippen LogP contribution >= 0.6 is 11.6 Å². The van der Waals surface area contributed by atoms with E-state index >= 15 is 0 Å². The van der Waals surface area contributed by atoms with Gasteiger partial charge in [0, 0.05) is 29.7 Å². The second kappa shape index (κ2) is 7.66. The molecule has 0 unspecified atom stereocenters. The third-order valence-electron chi connectivity index (χ3n) is 4.36. The van der Waals surface area contributed by atoms with Gasteiger partial charge in [0.15, 0.2) is 0 Å². The van der Waals surface area contributed by atoms with Crippen molar-refractivity contribution in [2.75, 3.05) is 5.32 Å². The topological polar surface area (TPSA) is 76.1 Å². The molecule has 0 saturated heterocycles. The Bertz CT molecular complexity index is 783. The highest BCUT2D eigenvalue weighted by Crippen LogP contribution is 2.27. The van der Waals surface area contributed by atoms with Crippen molar-refractivity contribution >= 4 is 34.4 Å². The van der Waals surface area contributed by atoms with Crippen LogP contribution in [0.15, 0.2) is 24.4 Å². The molecule has 1 aliphatic carbocycles. The number of fused-ring (bicyclic) bond motifs is 1. The van der Waals surface area contributed by atoms with E-state index in [1.54, 1.807) is 12.3 Å². The van der Waals surface area contributed by atoms with E-state index in [0.717, 1.165) is 42.4 Å². The molecule has 1 aliphatic rings. The van der Waals surface area contributed by atoms with Crippen LogP contribution in [0.1, 0.15) is 46.5 Å². The van der Waals surface area contributed by atoms with E-state index in [0.29, 0.717) is 11.2 Å². The van der Waals surface area contributed by atoms with Gasteiger partial charge >= 0.3 is 6.09 Å². The number of rotatable bonds is 3. The minimum Gasteiger partial charge on any atom is -0.444 e. The maximum absolute atomic E-state index is 11.9. The SMILES string of the molecule is CC(C)(C)OC(=O)NC1CCC(Nc2nc(Cl)cc3ncccc23)CC1. The van der Waals surface area contributed by atoms with Crippen molar-refractivity contribution in [2.24, 2.45) is 0 Å². The summed E-state index contributed by atoms with van der Waals surface area (Å²) in [7, 11) is 0. The first-order valence-corrected chi connectivity index (χ1v) is 9.35. The molecule has 0 aliphatic heterocycles. The highest BCUT2D eigenvalue weighted by atomic mass is 35.5. The molecule has 0 atom stereocenters. The lowest BCUT2D eigenvalue weighted by atomic mass is 9.91. The Hall–Kier alpha value is -2.08. The Balaban J connectivity index is 1.57. The number of ether oxygens (including phenoxy) is 1. The summed E-state index contributed by atoms with van der Waals surface area (Å²) in [5.74, 6) is 0.768. The Kier molecular flexibility index (Phi) is 5.51. The zero-order valence-corrected chi connectivity index (χ0v) is 16.1. The number of halogens is 1. The van der Waals surface area contributed by atoms with Crippen molar-refractivity contribution in [1.82, 2.24) is 15.3 Å². The summed E-state index contributed by atoms with van der Waals surface area (Å²) in [5, 5.41) is 7.85. The van der Waals surface area contributed by atoms with E-state index in [1.807, 2.05) is 32.9 Å². The Morgan fingerprint density at radius 2 is 1.92 bits per heavy atom. The number of pyridine rings is 2. The Labute approximate surface area is 158 Å². The lowest BCUT2D eigenvalue weighted by Gasteiger charge is -2.31. The van der Waals surface area contributed by atoms with Gasteiger partial charge in [0.1, 0.15) is 16.6 Å². The molecule has 1 saturated carbocycles. The minimum absolute atomic E-state index is 0.147. The predicted octanol–water partition coefficient (Wildman–Crippen LogP) is 4.53. The van der Waals surface area contributed by atoms with Crippen LogP contribution in [0.5, 0.6) is 0 Å². The van der Waals surface area contributed by atoms with Crippen LogP contribution in [-0.2, 0) is 4.74 Å². The average Bonchev–Trinajstić information content (AvgIpc) is 2.55. The smallest absolute Gasteiger partial charge is 0.407 e. The third-order valence-corrected chi connectivity index (χ3v) is 4.55. The van der Waals surface area contributed by atoms with Gasteiger partial charge in [-0.05, 0) is 58.6 Å². The second-order valence-electron chi connectivity index (χ2n) is 7.70. The van der Waals surface area contributed by atoms with E-state index in [1.165, 1.54) is 0 Å². The minimum atomic E-state index is -0.476. The molecule has 1 fully saturated rings. The normalized spacial score (nSPS) is 20.6. The fourth-order valence-electron chi connectivity index (χ4n) is 3.20. The average molecular weight is 377 g/mol. The monoisotopic (exact) mass is 376 g/mol. The summed E-state index contributed by atoms with van der Waals surface area (Å²) in [5.41, 5.74) is 0.353. The van der Waals surface area contributed by atoms with Gasteiger partial charge in [-0.3, -0.25) is 4.98 Å². The van der Waals surface area contributed by atoms with Crippen LogP contribution in [0.4, 0.5) is 10.6 Å². The second-order valence-corrected chi connectivity index (χ2v) is 8.09. The Morgan fingerprint density at radius 3 is 2.62 bits per heavy atom. The van der Waals surface area contributed by atoms with E-state index in [-0.39, 0.29) is 12.1 Å². The molecule has 0 aromatic carbocycles. The van der Waals surface area contributed by atoms with Gasteiger partial charge in [-0.25, -0.2) is 9.78 Å². The van der Waals surface area contributed by atoms with Crippen molar-refractivity contribution in [3.8, 4) is 0 Å². The number of hydrogen-bond donors (Lipinski definition) is 2. The summed E-state index contributed by atoms with van der Waals surface area (Å²) in [6.45, 7) is 5.60. The van der Waals surface area contributed by atoms with Crippen LogP contribution in [0, 0.1) is 0 Å². The zero-order valence-electron chi connectivity index (χ0n) is 15.4. The van der Waals surface area contributed by atoms with Gasteiger partial charge in [0.05, 0.1) is 5.52 Å². The summed E-state index contributed by atoms with van der Waals surface area (Å²) in [6.07, 6.45) is 5.08. The summed E-state index contributed by atoms with van der Waals surface area (Å²) < 4.78 is 5.33. The van der Waals surface area contributed by atoms with Crippen LogP contribution in [0.25, 0.3) is 10.9 Å². The first kappa shape index (κ1) is 18.7. The third kappa shape index (κ3) is 4.97. The molecule has 1 amide bonds. The number of hydrogen-bond acceptors (Lipinski definition) is 5. The molecular formula is C19H25ClN4O2. The summed E-state index contributed by atoms with van der Waals surface area (Å²) >= 11 is 6.12. The van der Waals surface area contributed by atoms with E-state index in [4.69, 9.17) is 16.3 Å². The van der Waals surface area contributed by atoms with Crippen LogP contribution in [0.3, 0.4) is 0 Å². The molecule has 26 heavy (non-hydrogen) atoms. The van der Waals surface area contributed by atoms with Crippen LogP contribution in [0.2, 0.25) is 5.15 Å². The molecule has 0 spiro atoms. The summed E-state index contributed by atoms with van der Waals surface area (Å²) in [6, 6.07) is 6.09. The van der Waals surface area contributed by atoms with Gasteiger partial charge in [-0.1, -0.05) is 11.6 Å². The van der Waals surface area contributed by atoms with Crippen molar-refractivity contribution in [3.05, 3.63) is 29.5 Å². The molecular weight excluding hydrogens is 352 g/mol. The number of nitrogens with one attached hydrogen (secondary N) is 2. The maximum Gasteiger partial charge on any atom is 0.407 e. The van der Waals surface area contributed by atoms with E-state index in [2.05, 4.69) is 20.6 Å². The molecule has 0 radical (unpaired) electrons. The fraction of sp³-hybridized carbons (Fsp3) is 0.526. The predicted molar refractivity (Wildman–Crippen MR) is 104 cm³/mol. The summed E-state index contributed by atoms with van der Waals surface area (Å²) in [4.78, 5) is 20.7. The van der Waals surface area contributed by atoms with Crippen LogP contribution < -0.4 is 10.6 Å². The first-order valence-electron chi connectivity index (χ1n) is 8.97. The lowest BCUT2D eigenvalue weighted by Crippen LogP contribution is -2.42. The van der Waals surface area contributed by atoms with Crippen molar-refractivity contribution in [3.63, 3.8) is 0 Å². The maximum atomic E-state index is 11.9. The van der Waals surface area contributed by atoms with E-state index < -0.39 is 5.60 Å². The Morgan fingerprint density at radius 1 is 1.23 bits per heavy atom. The quantitative estimate of drug-likeness (QED) is 0.769. The molecule has 2 heterocycles. The number of nitrogens with zero attached hydrogens (tertiary/aromatic N) is 2. The highest BCUT2D eigenvalue weighted by Gasteiger charge is 2.25. The molecule has 7 heteroatoms. The standard InChI is InChI=1S/C19H25ClN4O2/c1-19(2,3)26-18(25)23-13-8-6-12(7-9-13)22-17-14-5-4-10-21-15(14)11-16(20)24-17/h4-5,10-13H,6-9H2,1-3H3,(H,22,24)(H,23,25). The molecule has 2 N–H and O–H groups in total. The number of anilines is 1. The first-order chi connectivity index (χ1) is 12.3. The highest BCUT2D eigenvalue weighted by molar-refractivity contribution is 6.30. The van der Waals surface area contributed by atoms with Gasteiger partial charge in [-0.15, -0.1) is 0 Å². The number of alkyl carbamates (subject to hydrolysis) is 1. The van der Waals surface area contributed by atoms with Crippen molar-refractivity contribution in [1.29, 1.82) is 0 Å². The van der Waals surface area contributed by atoms with Crippen molar-refractivity contribution in [2.45, 2.75) is 64.1 Å². The lowest BCUT2D eigenvalue weighted by molar-refractivity contribution is 0.0492. The molecule has 140 valence electrons. The number of aromatic nitrogens is 2. The molecule has 0 bridgehead atoms. The van der Waals surface area contributed by atoms with Crippen molar-refractivity contribution < 1.29 is 9.53 Å². The van der Waals surface area contributed by atoms with Gasteiger partial charge < -0.3 is 15.4 Å². The van der Waals surface area contributed by atoms with Gasteiger partial charge in [-0.2, -0.15) is 0 Å². The molecule has 2 aromatic heterocycles.